The molecule has 0 saturated carbocycles. The number of aliphatic hydroxyl groups is 1. The van der Waals surface area contributed by atoms with Crippen molar-refractivity contribution >= 4 is 44.1 Å². The van der Waals surface area contributed by atoms with Crippen molar-refractivity contribution in [3.8, 4) is 17.2 Å². The molecular formula is C28H24N2O6S. The second kappa shape index (κ2) is 9.94. The highest BCUT2D eigenvalue weighted by Crippen LogP contribution is 2.45. The molecule has 8 nitrogen and oxygen atoms in total. The summed E-state index contributed by atoms with van der Waals surface area (Å²) in [6.45, 7) is 2.42. The number of aliphatic hydroxyl groups excluding tert-OH is 1. The van der Waals surface area contributed by atoms with E-state index in [0.717, 1.165) is 4.70 Å². The van der Waals surface area contributed by atoms with Crippen LogP contribution in [0.1, 0.15) is 24.1 Å². The van der Waals surface area contributed by atoms with Gasteiger partial charge in [0.25, 0.3) is 5.78 Å². The van der Waals surface area contributed by atoms with Crippen LogP contribution in [0.3, 0.4) is 0 Å². The minimum absolute atomic E-state index is 0.0410. The quantitative estimate of drug-likeness (QED) is 0.201. The Balaban J connectivity index is 1.71. The van der Waals surface area contributed by atoms with E-state index < -0.39 is 17.7 Å². The number of amides is 1. The van der Waals surface area contributed by atoms with Crippen LogP contribution in [0.5, 0.6) is 17.2 Å². The fraction of sp³-hybridized carbons (Fsp3) is 0.179. The van der Waals surface area contributed by atoms with E-state index in [2.05, 4.69) is 4.98 Å². The second-order valence-corrected chi connectivity index (χ2v) is 9.25. The number of thiazole rings is 1. The predicted octanol–water partition coefficient (Wildman–Crippen LogP) is 5.34. The van der Waals surface area contributed by atoms with Crippen LogP contribution in [-0.4, -0.2) is 42.6 Å². The minimum Gasteiger partial charge on any atom is -0.507 e. The molecule has 4 aromatic rings. The molecular weight excluding hydrogens is 492 g/mol. The van der Waals surface area contributed by atoms with E-state index in [-0.39, 0.29) is 11.3 Å². The van der Waals surface area contributed by atoms with E-state index in [4.69, 9.17) is 14.2 Å². The third kappa shape index (κ3) is 4.38. The summed E-state index contributed by atoms with van der Waals surface area (Å²) in [5, 5.41) is 11.7. The summed E-state index contributed by atoms with van der Waals surface area (Å²) in [6.07, 6.45) is 0. The molecule has 1 aromatic heterocycles. The lowest BCUT2D eigenvalue weighted by Gasteiger charge is -2.23. The predicted molar refractivity (Wildman–Crippen MR) is 142 cm³/mol. The third-order valence-corrected chi connectivity index (χ3v) is 7.08. The molecule has 188 valence electrons. The van der Waals surface area contributed by atoms with Gasteiger partial charge in [0.05, 0.1) is 42.7 Å². The number of fused-ring (bicyclic) bond motifs is 1. The number of ether oxygens (including phenoxy) is 3. The second-order valence-electron chi connectivity index (χ2n) is 8.24. The lowest BCUT2D eigenvalue weighted by atomic mass is 9.95. The van der Waals surface area contributed by atoms with Crippen molar-refractivity contribution in [2.24, 2.45) is 0 Å². The first-order chi connectivity index (χ1) is 17.9. The van der Waals surface area contributed by atoms with Crippen molar-refractivity contribution < 1.29 is 28.9 Å². The third-order valence-electron chi connectivity index (χ3n) is 6.06. The van der Waals surface area contributed by atoms with Crippen LogP contribution in [0.15, 0.2) is 72.3 Å². The monoisotopic (exact) mass is 516 g/mol. The van der Waals surface area contributed by atoms with Crippen molar-refractivity contribution in [2.75, 3.05) is 25.7 Å². The summed E-state index contributed by atoms with van der Waals surface area (Å²) in [6, 6.07) is 18.3. The number of hydrogen-bond acceptors (Lipinski definition) is 8. The van der Waals surface area contributed by atoms with Crippen molar-refractivity contribution in [1.82, 2.24) is 4.98 Å². The highest BCUT2D eigenvalue weighted by molar-refractivity contribution is 7.22. The molecule has 5 rings (SSSR count). The van der Waals surface area contributed by atoms with E-state index in [0.29, 0.717) is 45.6 Å². The van der Waals surface area contributed by atoms with Crippen LogP contribution in [0.25, 0.3) is 16.0 Å². The smallest absolute Gasteiger partial charge is 0.301 e. The van der Waals surface area contributed by atoms with Gasteiger partial charge in [0.15, 0.2) is 5.13 Å². The number of nitrogens with zero attached hydrogens (tertiary/aromatic N) is 2. The molecule has 9 heteroatoms. The normalized spacial score (nSPS) is 16.8. The zero-order valence-corrected chi connectivity index (χ0v) is 21.2. The first-order valence-corrected chi connectivity index (χ1v) is 12.4. The zero-order chi connectivity index (χ0) is 26.1. The molecule has 1 aliphatic rings. The Morgan fingerprint density at radius 1 is 0.973 bits per heavy atom. The Labute approximate surface area is 217 Å². The van der Waals surface area contributed by atoms with Crippen molar-refractivity contribution in [3.05, 3.63) is 83.4 Å². The number of carbonyl (C=O) groups excluding carboxylic acids is 2. The summed E-state index contributed by atoms with van der Waals surface area (Å²) < 4.78 is 17.1. The zero-order valence-electron chi connectivity index (χ0n) is 20.4. The molecule has 1 N–H and O–H groups in total. The topological polar surface area (TPSA) is 98.2 Å². The Kier molecular flexibility index (Phi) is 6.54. The maximum Gasteiger partial charge on any atom is 0.301 e. The van der Waals surface area contributed by atoms with Crippen LogP contribution >= 0.6 is 11.3 Å². The van der Waals surface area contributed by atoms with Gasteiger partial charge in [-0.25, -0.2) is 4.98 Å². The van der Waals surface area contributed by atoms with E-state index in [1.807, 2.05) is 25.1 Å². The van der Waals surface area contributed by atoms with Crippen LogP contribution in [0.2, 0.25) is 0 Å². The molecule has 1 amide bonds. The molecule has 1 aliphatic heterocycles. The highest BCUT2D eigenvalue weighted by atomic mass is 32.1. The molecule has 0 aliphatic carbocycles. The number of aromatic nitrogens is 1. The average Bonchev–Trinajstić information content (AvgIpc) is 3.46. The van der Waals surface area contributed by atoms with Gasteiger partial charge in [0, 0.05) is 5.56 Å². The largest absolute Gasteiger partial charge is 0.507 e. The van der Waals surface area contributed by atoms with Gasteiger partial charge in [-0.2, -0.15) is 0 Å². The Morgan fingerprint density at radius 2 is 1.70 bits per heavy atom. The highest BCUT2D eigenvalue weighted by Gasteiger charge is 2.48. The first kappa shape index (κ1) is 24.3. The number of anilines is 1. The maximum atomic E-state index is 13.5. The fourth-order valence-corrected chi connectivity index (χ4v) is 5.36. The van der Waals surface area contributed by atoms with E-state index >= 15 is 0 Å². The summed E-state index contributed by atoms with van der Waals surface area (Å²) in [5.41, 5.74) is 1.58. The summed E-state index contributed by atoms with van der Waals surface area (Å²) in [5.74, 6) is -0.131. The molecule has 1 fully saturated rings. The van der Waals surface area contributed by atoms with E-state index in [9.17, 15) is 14.7 Å². The maximum absolute atomic E-state index is 13.5. The van der Waals surface area contributed by atoms with Gasteiger partial charge < -0.3 is 19.3 Å². The van der Waals surface area contributed by atoms with Crippen LogP contribution in [-0.2, 0) is 9.59 Å². The van der Waals surface area contributed by atoms with Crippen molar-refractivity contribution in [1.29, 1.82) is 0 Å². The lowest BCUT2D eigenvalue weighted by Crippen LogP contribution is -2.29. The fourth-order valence-electron chi connectivity index (χ4n) is 4.33. The Morgan fingerprint density at radius 3 is 2.43 bits per heavy atom. The lowest BCUT2D eigenvalue weighted by molar-refractivity contribution is -0.132. The van der Waals surface area contributed by atoms with Crippen LogP contribution in [0, 0.1) is 0 Å². The molecule has 2 heterocycles. The van der Waals surface area contributed by atoms with E-state index in [1.54, 1.807) is 48.5 Å². The molecule has 1 saturated heterocycles. The van der Waals surface area contributed by atoms with Gasteiger partial charge in [0.1, 0.15) is 23.0 Å². The van der Waals surface area contributed by atoms with Gasteiger partial charge in [0.2, 0.25) is 0 Å². The number of rotatable bonds is 7. The number of ketones is 1. The van der Waals surface area contributed by atoms with E-state index in [1.165, 1.54) is 30.5 Å². The molecule has 0 bridgehead atoms. The minimum atomic E-state index is -0.923. The number of carbonyl (C=O) groups is 2. The van der Waals surface area contributed by atoms with Gasteiger partial charge in [-0.3, -0.25) is 14.5 Å². The number of benzene rings is 3. The van der Waals surface area contributed by atoms with Crippen molar-refractivity contribution in [2.45, 2.75) is 13.0 Å². The van der Waals surface area contributed by atoms with Gasteiger partial charge in [-0.1, -0.05) is 35.6 Å². The SMILES string of the molecule is CCOc1ccc2nc(N3C(=O)C(=O)/C(=C(/O)c4cccc(OC)c4)C3c3cccc(OC)c3)sc2c1. The molecule has 0 spiro atoms. The van der Waals surface area contributed by atoms with Gasteiger partial charge >= 0.3 is 5.91 Å². The molecule has 1 unspecified atom stereocenters. The summed E-state index contributed by atoms with van der Waals surface area (Å²) in [4.78, 5) is 32.9. The first-order valence-electron chi connectivity index (χ1n) is 11.6. The average molecular weight is 517 g/mol. The molecule has 3 aromatic carbocycles. The Bertz CT molecular complexity index is 1540. The van der Waals surface area contributed by atoms with Crippen LogP contribution in [0.4, 0.5) is 5.13 Å². The summed E-state index contributed by atoms with van der Waals surface area (Å²) >= 11 is 1.27. The summed E-state index contributed by atoms with van der Waals surface area (Å²) in [7, 11) is 3.05. The van der Waals surface area contributed by atoms with Gasteiger partial charge in [-0.15, -0.1) is 0 Å². The standard InChI is InChI=1S/C28H24N2O6S/c1-4-36-20-11-12-21-22(15-20)37-28(29-21)30-24(16-7-5-9-18(13-16)34-2)23(26(32)27(30)33)25(31)17-8-6-10-19(14-17)35-3/h5-15,24,31H,4H2,1-3H3/b25-23+. The molecule has 1 atom stereocenters. The molecule has 0 radical (unpaired) electrons. The Hall–Kier alpha value is -4.37. The number of hydrogen-bond donors (Lipinski definition) is 1. The van der Waals surface area contributed by atoms with Gasteiger partial charge in [-0.05, 0) is 55.0 Å². The van der Waals surface area contributed by atoms with Crippen molar-refractivity contribution in [3.63, 3.8) is 0 Å². The number of Topliss-reactive ketones (excluding diaryl/α,β-unsaturated/α-hetero) is 1. The number of methoxy groups -OCH3 is 2. The van der Waals surface area contributed by atoms with Crippen LogP contribution < -0.4 is 19.1 Å². The molecule has 37 heavy (non-hydrogen) atoms.